The Bertz CT molecular complexity index is 230. The predicted molar refractivity (Wildman–Crippen MR) is 58.9 cm³/mol. The number of nitrogens with zero attached hydrogens (tertiary/aromatic N) is 2. The van der Waals surface area contributed by atoms with Crippen molar-refractivity contribution in [3.63, 3.8) is 0 Å². The number of carbonyl (C=O) groups is 1. The Morgan fingerprint density at radius 3 is 2.57 bits per heavy atom. The predicted octanol–water partition coefficient (Wildman–Crippen LogP) is -0.329. The molecule has 0 saturated carbocycles. The first-order valence-corrected chi connectivity index (χ1v) is 5.68. The maximum absolute atomic E-state index is 10.9. The van der Waals surface area contributed by atoms with Crippen molar-refractivity contribution in [3.05, 3.63) is 0 Å². The van der Waals surface area contributed by atoms with E-state index in [0.29, 0.717) is 12.1 Å². The molecule has 0 aromatic rings. The van der Waals surface area contributed by atoms with E-state index in [2.05, 4.69) is 19.4 Å². The zero-order valence-corrected chi connectivity index (χ0v) is 9.72. The molecule has 0 spiro atoms. The van der Waals surface area contributed by atoms with Crippen LogP contribution in [-0.4, -0.2) is 53.7 Å². The number of amides is 1. The van der Waals surface area contributed by atoms with Crippen LogP contribution in [0.5, 0.6) is 0 Å². The molecule has 4 nitrogen and oxygen atoms in total. The third-order valence-electron chi connectivity index (χ3n) is 3.02. The minimum Gasteiger partial charge on any atom is -0.340 e. The van der Waals surface area contributed by atoms with E-state index in [1.807, 2.05) is 4.90 Å². The molecule has 14 heavy (non-hydrogen) atoms. The fraction of sp³-hybridized carbons (Fsp3) is 0.889. The van der Waals surface area contributed by atoms with Crippen LogP contribution in [0, 0.1) is 0 Å². The number of hydrogen-bond donors (Lipinski definition) is 1. The molecule has 1 N–H and O–H groups in total. The van der Waals surface area contributed by atoms with Gasteiger partial charge < -0.3 is 10.2 Å². The summed E-state index contributed by atoms with van der Waals surface area (Å²) in [6.07, 6.45) is 1.22. The highest BCUT2D eigenvalue weighted by Crippen LogP contribution is 2.16. The standard InChI is InChI=1S/C9H18N3OP/c1-7(13)11-4-9(5-11)10-8-2-3-12(14)6-8/h8-10H,2-6,14H2,1H3. The zero-order valence-electron chi connectivity index (χ0n) is 8.57. The van der Waals surface area contributed by atoms with Crippen molar-refractivity contribution in [2.24, 2.45) is 0 Å². The average molecular weight is 215 g/mol. The van der Waals surface area contributed by atoms with E-state index < -0.39 is 0 Å². The van der Waals surface area contributed by atoms with Crippen molar-refractivity contribution in [2.75, 3.05) is 26.2 Å². The van der Waals surface area contributed by atoms with E-state index in [-0.39, 0.29) is 5.91 Å². The summed E-state index contributed by atoms with van der Waals surface area (Å²) in [6, 6.07) is 1.15. The van der Waals surface area contributed by atoms with Gasteiger partial charge in [0.1, 0.15) is 0 Å². The normalized spacial score (nSPS) is 29.3. The Hall–Kier alpha value is -0.180. The number of carbonyl (C=O) groups excluding carboxylic acids is 1. The van der Waals surface area contributed by atoms with Crippen LogP contribution in [0.1, 0.15) is 13.3 Å². The molecule has 2 fully saturated rings. The Balaban J connectivity index is 1.67. The Kier molecular flexibility index (Phi) is 3.05. The fourth-order valence-corrected chi connectivity index (χ4v) is 2.50. The van der Waals surface area contributed by atoms with Gasteiger partial charge in [0.2, 0.25) is 5.91 Å². The molecule has 2 unspecified atom stereocenters. The minimum absolute atomic E-state index is 0.196. The molecule has 0 aromatic heterocycles. The molecular formula is C9H18N3OP. The van der Waals surface area contributed by atoms with Gasteiger partial charge in [-0.15, -0.1) is 0 Å². The topological polar surface area (TPSA) is 35.6 Å². The lowest BCUT2D eigenvalue weighted by molar-refractivity contribution is -0.133. The molecule has 2 heterocycles. The van der Waals surface area contributed by atoms with Crippen LogP contribution in [0.25, 0.3) is 0 Å². The third-order valence-corrected chi connectivity index (χ3v) is 3.49. The molecule has 0 aliphatic carbocycles. The van der Waals surface area contributed by atoms with Gasteiger partial charge in [0.25, 0.3) is 0 Å². The molecule has 0 radical (unpaired) electrons. The summed E-state index contributed by atoms with van der Waals surface area (Å²) in [6.45, 7) is 5.69. The maximum Gasteiger partial charge on any atom is 0.219 e. The van der Waals surface area contributed by atoms with Gasteiger partial charge >= 0.3 is 0 Å². The summed E-state index contributed by atoms with van der Waals surface area (Å²) in [7, 11) is 2.74. The van der Waals surface area contributed by atoms with Crippen molar-refractivity contribution in [2.45, 2.75) is 25.4 Å². The monoisotopic (exact) mass is 215 g/mol. The van der Waals surface area contributed by atoms with Crippen molar-refractivity contribution in [1.29, 1.82) is 0 Å². The van der Waals surface area contributed by atoms with E-state index in [1.165, 1.54) is 6.42 Å². The Morgan fingerprint density at radius 1 is 1.36 bits per heavy atom. The van der Waals surface area contributed by atoms with Crippen LogP contribution >= 0.6 is 9.39 Å². The van der Waals surface area contributed by atoms with Gasteiger partial charge in [-0.3, -0.25) is 9.46 Å². The van der Waals surface area contributed by atoms with Crippen molar-refractivity contribution in [1.82, 2.24) is 14.9 Å². The molecule has 0 bridgehead atoms. The highest BCUT2D eigenvalue weighted by atomic mass is 31.0. The molecule has 2 aliphatic rings. The fourth-order valence-electron chi connectivity index (χ4n) is 2.10. The Labute approximate surface area is 87.3 Å². The van der Waals surface area contributed by atoms with E-state index in [1.54, 1.807) is 6.92 Å². The van der Waals surface area contributed by atoms with Gasteiger partial charge in [-0.2, -0.15) is 0 Å². The molecule has 80 valence electrons. The molecule has 1 amide bonds. The highest BCUT2D eigenvalue weighted by molar-refractivity contribution is 7.13. The van der Waals surface area contributed by atoms with Crippen LogP contribution in [-0.2, 0) is 4.79 Å². The SMILES string of the molecule is CC(=O)N1CC(NC2CCN(P)C2)C1. The summed E-state index contributed by atoms with van der Waals surface area (Å²) in [5.74, 6) is 0.196. The molecular weight excluding hydrogens is 197 g/mol. The summed E-state index contributed by atoms with van der Waals surface area (Å²) in [4.78, 5) is 12.8. The van der Waals surface area contributed by atoms with E-state index in [4.69, 9.17) is 0 Å². The van der Waals surface area contributed by atoms with Gasteiger partial charge in [0.15, 0.2) is 0 Å². The van der Waals surface area contributed by atoms with Crippen LogP contribution in [0.15, 0.2) is 0 Å². The molecule has 0 aromatic carbocycles. The largest absolute Gasteiger partial charge is 0.340 e. The van der Waals surface area contributed by atoms with Crippen LogP contribution in [0.2, 0.25) is 0 Å². The average Bonchev–Trinajstić information content (AvgIpc) is 2.42. The van der Waals surface area contributed by atoms with E-state index in [0.717, 1.165) is 26.2 Å². The quantitative estimate of drug-likeness (QED) is 0.641. The second kappa shape index (κ2) is 4.13. The lowest BCUT2D eigenvalue weighted by atomic mass is 10.1. The number of nitrogens with one attached hydrogen (secondary N) is 1. The molecule has 2 aliphatic heterocycles. The number of rotatable bonds is 2. The third kappa shape index (κ3) is 2.25. The van der Waals surface area contributed by atoms with Gasteiger partial charge in [-0.25, -0.2) is 0 Å². The molecule has 5 heteroatoms. The molecule has 2 rings (SSSR count). The first kappa shape index (κ1) is 10.3. The van der Waals surface area contributed by atoms with Gasteiger partial charge in [-0.05, 0) is 6.42 Å². The maximum atomic E-state index is 10.9. The van der Waals surface area contributed by atoms with Crippen molar-refractivity contribution >= 4 is 15.3 Å². The summed E-state index contributed by atoms with van der Waals surface area (Å²) in [5.41, 5.74) is 0. The first-order valence-electron chi connectivity index (χ1n) is 5.16. The van der Waals surface area contributed by atoms with E-state index in [9.17, 15) is 4.79 Å². The zero-order chi connectivity index (χ0) is 10.1. The molecule has 2 atom stereocenters. The van der Waals surface area contributed by atoms with E-state index >= 15 is 0 Å². The van der Waals surface area contributed by atoms with Gasteiger partial charge in [0, 0.05) is 45.2 Å². The summed E-state index contributed by atoms with van der Waals surface area (Å²) < 4.78 is 2.26. The lowest BCUT2D eigenvalue weighted by Crippen LogP contribution is -2.61. The lowest BCUT2D eigenvalue weighted by Gasteiger charge is -2.40. The summed E-state index contributed by atoms with van der Waals surface area (Å²) in [5, 5.41) is 3.58. The van der Waals surface area contributed by atoms with Crippen LogP contribution in [0.4, 0.5) is 0 Å². The van der Waals surface area contributed by atoms with Crippen molar-refractivity contribution in [3.8, 4) is 0 Å². The smallest absolute Gasteiger partial charge is 0.219 e. The summed E-state index contributed by atoms with van der Waals surface area (Å²) >= 11 is 0. The number of hydrogen-bond acceptors (Lipinski definition) is 3. The molecule has 2 saturated heterocycles. The van der Waals surface area contributed by atoms with Gasteiger partial charge in [-0.1, -0.05) is 9.39 Å². The van der Waals surface area contributed by atoms with Crippen molar-refractivity contribution < 1.29 is 4.79 Å². The number of likely N-dealkylation sites (tertiary alicyclic amines) is 1. The van der Waals surface area contributed by atoms with Crippen LogP contribution < -0.4 is 5.32 Å². The second-order valence-electron chi connectivity index (χ2n) is 4.27. The second-order valence-corrected chi connectivity index (χ2v) is 5.00. The van der Waals surface area contributed by atoms with Gasteiger partial charge in [0.05, 0.1) is 0 Å². The first-order chi connectivity index (χ1) is 6.65. The minimum atomic E-state index is 0.196. The highest BCUT2D eigenvalue weighted by Gasteiger charge is 2.31. The van der Waals surface area contributed by atoms with Crippen LogP contribution in [0.3, 0.4) is 0 Å². The Morgan fingerprint density at radius 2 is 2.07 bits per heavy atom.